The molecule has 0 bridgehead atoms. The molecule has 0 amide bonds. The van der Waals surface area contributed by atoms with E-state index in [9.17, 15) is 4.39 Å². The van der Waals surface area contributed by atoms with Crippen molar-refractivity contribution in [1.82, 2.24) is 25.4 Å². The zero-order chi connectivity index (χ0) is 18.4. The van der Waals surface area contributed by atoms with Crippen LogP contribution in [0.15, 0.2) is 35.6 Å². The maximum absolute atomic E-state index is 12.9. The van der Waals surface area contributed by atoms with Crippen LogP contribution in [0.25, 0.3) is 0 Å². The number of hydrogen-bond acceptors (Lipinski definition) is 4. The fourth-order valence-electron chi connectivity index (χ4n) is 3.13. The number of halogens is 2. The topological polar surface area (TPSA) is 78.4 Å². The smallest absolute Gasteiger partial charge is 0.193 e. The first kappa shape index (κ1) is 21.4. The molecule has 1 atom stereocenters. The highest BCUT2D eigenvalue weighted by Gasteiger charge is 2.24. The van der Waals surface area contributed by atoms with E-state index in [1.807, 2.05) is 6.92 Å². The fourth-order valence-corrected chi connectivity index (χ4v) is 3.13. The SMILES string of the molecule is CN=C(NCC(C)Oc1ccc(F)cc1)N1CCC(c2ncn[nH]2)CC1.I. The Bertz CT molecular complexity index is 701. The molecule has 7 nitrogen and oxygen atoms in total. The van der Waals surface area contributed by atoms with Crippen molar-refractivity contribution in [2.45, 2.75) is 31.8 Å². The van der Waals surface area contributed by atoms with E-state index in [0.717, 1.165) is 37.7 Å². The number of nitrogens with zero attached hydrogens (tertiary/aromatic N) is 4. The Hall–Kier alpha value is -1.91. The fraction of sp³-hybridized carbons (Fsp3) is 0.500. The molecular weight excluding hydrogens is 462 g/mol. The highest BCUT2D eigenvalue weighted by molar-refractivity contribution is 14.0. The van der Waals surface area contributed by atoms with E-state index in [4.69, 9.17) is 4.74 Å². The summed E-state index contributed by atoms with van der Waals surface area (Å²) in [6, 6.07) is 6.06. The minimum atomic E-state index is -0.266. The normalized spacial score (nSPS) is 16.6. The summed E-state index contributed by atoms with van der Waals surface area (Å²) in [5, 5.41) is 10.3. The van der Waals surface area contributed by atoms with Gasteiger partial charge in [-0.3, -0.25) is 10.1 Å². The van der Waals surface area contributed by atoms with Crippen LogP contribution in [-0.4, -0.2) is 58.8 Å². The molecule has 2 heterocycles. The third kappa shape index (κ3) is 6.05. The Kier molecular flexibility index (Phi) is 8.26. The lowest BCUT2D eigenvalue weighted by atomic mass is 9.96. The average Bonchev–Trinajstić information content (AvgIpc) is 3.19. The number of H-pyrrole nitrogens is 1. The summed E-state index contributed by atoms with van der Waals surface area (Å²) in [5.41, 5.74) is 0. The number of likely N-dealkylation sites (tertiary alicyclic amines) is 1. The van der Waals surface area contributed by atoms with Gasteiger partial charge in [0.25, 0.3) is 0 Å². The van der Waals surface area contributed by atoms with Crippen molar-refractivity contribution in [3.8, 4) is 5.75 Å². The highest BCUT2D eigenvalue weighted by Crippen LogP contribution is 2.24. The molecular formula is C18H26FIN6O. The summed E-state index contributed by atoms with van der Waals surface area (Å²) in [6.07, 6.45) is 3.52. The van der Waals surface area contributed by atoms with Gasteiger partial charge in [-0.1, -0.05) is 0 Å². The summed E-state index contributed by atoms with van der Waals surface area (Å²) in [7, 11) is 1.79. The molecule has 0 spiro atoms. The Morgan fingerprint density at radius 1 is 1.37 bits per heavy atom. The third-order valence-electron chi connectivity index (χ3n) is 4.53. The van der Waals surface area contributed by atoms with Crippen molar-refractivity contribution < 1.29 is 9.13 Å². The van der Waals surface area contributed by atoms with E-state index in [1.54, 1.807) is 25.5 Å². The van der Waals surface area contributed by atoms with Crippen LogP contribution in [0, 0.1) is 5.82 Å². The van der Waals surface area contributed by atoms with Gasteiger partial charge in [-0.05, 0) is 44.0 Å². The van der Waals surface area contributed by atoms with Crippen molar-refractivity contribution in [2.75, 3.05) is 26.7 Å². The number of ether oxygens (including phenoxy) is 1. The van der Waals surface area contributed by atoms with Crippen LogP contribution in [0.5, 0.6) is 5.75 Å². The summed E-state index contributed by atoms with van der Waals surface area (Å²) < 4.78 is 18.7. The molecule has 1 fully saturated rings. The molecule has 1 aromatic heterocycles. The van der Waals surface area contributed by atoms with Gasteiger partial charge in [-0.25, -0.2) is 9.37 Å². The van der Waals surface area contributed by atoms with E-state index < -0.39 is 0 Å². The monoisotopic (exact) mass is 488 g/mol. The molecule has 1 aliphatic heterocycles. The van der Waals surface area contributed by atoms with Gasteiger partial charge in [0.2, 0.25) is 0 Å². The molecule has 1 unspecified atom stereocenters. The number of benzene rings is 1. The molecule has 2 N–H and O–H groups in total. The molecule has 0 aliphatic carbocycles. The molecule has 2 aromatic rings. The molecule has 0 saturated carbocycles. The minimum absolute atomic E-state index is 0. The molecule has 3 rings (SSSR count). The number of nitrogens with one attached hydrogen (secondary N) is 2. The van der Waals surface area contributed by atoms with Crippen molar-refractivity contribution in [3.05, 3.63) is 42.2 Å². The van der Waals surface area contributed by atoms with E-state index in [2.05, 4.69) is 30.4 Å². The zero-order valence-electron chi connectivity index (χ0n) is 15.6. The second-order valence-corrected chi connectivity index (χ2v) is 6.44. The van der Waals surface area contributed by atoms with Gasteiger partial charge < -0.3 is 15.0 Å². The number of aromatic amines is 1. The first-order chi connectivity index (χ1) is 12.7. The van der Waals surface area contributed by atoms with Crippen LogP contribution in [0.1, 0.15) is 31.5 Å². The first-order valence-corrected chi connectivity index (χ1v) is 8.88. The van der Waals surface area contributed by atoms with Gasteiger partial charge in [0.1, 0.15) is 29.8 Å². The van der Waals surface area contributed by atoms with Crippen LogP contribution < -0.4 is 10.1 Å². The largest absolute Gasteiger partial charge is 0.489 e. The zero-order valence-corrected chi connectivity index (χ0v) is 17.9. The van der Waals surface area contributed by atoms with Crippen LogP contribution in [0.2, 0.25) is 0 Å². The summed E-state index contributed by atoms with van der Waals surface area (Å²) >= 11 is 0. The summed E-state index contributed by atoms with van der Waals surface area (Å²) in [6.45, 7) is 4.42. The quantitative estimate of drug-likeness (QED) is 0.385. The highest BCUT2D eigenvalue weighted by atomic mass is 127. The number of rotatable bonds is 5. The van der Waals surface area contributed by atoms with Crippen molar-refractivity contribution >= 4 is 29.9 Å². The van der Waals surface area contributed by atoms with Gasteiger partial charge in [0.05, 0.1) is 6.54 Å². The van der Waals surface area contributed by atoms with Gasteiger partial charge in [-0.15, -0.1) is 24.0 Å². The van der Waals surface area contributed by atoms with Gasteiger partial charge in [0.15, 0.2) is 5.96 Å². The standard InChI is InChI=1S/C18H25FN6O.HI/c1-13(26-16-5-3-15(19)4-6-16)11-21-18(20-2)25-9-7-14(8-10-25)17-22-12-23-24-17;/h3-6,12-14H,7-11H2,1-2H3,(H,20,21)(H,22,23,24);1H. The molecule has 27 heavy (non-hydrogen) atoms. The third-order valence-corrected chi connectivity index (χ3v) is 4.53. The van der Waals surface area contributed by atoms with E-state index >= 15 is 0 Å². The molecule has 0 radical (unpaired) electrons. The van der Waals surface area contributed by atoms with E-state index in [1.165, 1.54) is 12.1 Å². The lowest BCUT2D eigenvalue weighted by Crippen LogP contribution is -2.47. The maximum Gasteiger partial charge on any atom is 0.193 e. The summed E-state index contributed by atoms with van der Waals surface area (Å²) in [5.74, 6) is 2.65. The second kappa shape index (κ2) is 10.4. The van der Waals surface area contributed by atoms with Crippen molar-refractivity contribution in [1.29, 1.82) is 0 Å². The molecule has 1 aromatic carbocycles. The number of aromatic nitrogens is 3. The van der Waals surface area contributed by atoms with Crippen molar-refractivity contribution in [3.63, 3.8) is 0 Å². The van der Waals surface area contributed by atoms with Crippen LogP contribution in [0.4, 0.5) is 4.39 Å². The molecule has 1 aliphatic rings. The van der Waals surface area contributed by atoms with Crippen molar-refractivity contribution in [2.24, 2.45) is 4.99 Å². The van der Waals surface area contributed by atoms with Gasteiger partial charge in [-0.2, -0.15) is 5.10 Å². The first-order valence-electron chi connectivity index (χ1n) is 8.88. The predicted molar refractivity (Wildman–Crippen MR) is 113 cm³/mol. The molecule has 1 saturated heterocycles. The number of piperidine rings is 1. The van der Waals surface area contributed by atoms with Gasteiger partial charge >= 0.3 is 0 Å². The maximum atomic E-state index is 12.9. The molecule has 148 valence electrons. The Balaban J connectivity index is 0.00000261. The summed E-state index contributed by atoms with van der Waals surface area (Å²) in [4.78, 5) is 10.9. The van der Waals surface area contributed by atoms with E-state index in [-0.39, 0.29) is 35.9 Å². The van der Waals surface area contributed by atoms with E-state index in [0.29, 0.717) is 18.2 Å². The Morgan fingerprint density at radius 2 is 2.07 bits per heavy atom. The van der Waals surface area contributed by atoms with Crippen LogP contribution >= 0.6 is 24.0 Å². The number of hydrogen-bond donors (Lipinski definition) is 2. The average molecular weight is 488 g/mol. The second-order valence-electron chi connectivity index (χ2n) is 6.44. The Labute approximate surface area is 175 Å². The lowest BCUT2D eigenvalue weighted by Gasteiger charge is -2.33. The van der Waals surface area contributed by atoms with Crippen LogP contribution in [0.3, 0.4) is 0 Å². The number of guanidine groups is 1. The lowest BCUT2D eigenvalue weighted by molar-refractivity contribution is 0.220. The minimum Gasteiger partial charge on any atom is -0.489 e. The van der Waals surface area contributed by atoms with Gasteiger partial charge in [0, 0.05) is 26.1 Å². The molecule has 9 heteroatoms. The predicted octanol–water partition coefficient (Wildman–Crippen LogP) is 2.78. The number of aliphatic imine (C=N–C) groups is 1. The van der Waals surface area contributed by atoms with Crippen LogP contribution in [-0.2, 0) is 0 Å². The Morgan fingerprint density at radius 3 is 2.67 bits per heavy atom.